The van der Waals surface area contributed by atoms with Gasteiger partial charge < -0.3 is 14.8 Å². The number of ether oxygens (including phenoxy) is 2. The molecular weight excluding hydrogens is 202 g/mol. The van der Waals surface area contributed by atoms with Gasteiger partial charge in [-0.25, -0.2) is 0 Å². The van der Waals surface area contributed by atoms with E-state index in [2.05, 4.69) is 5.32 Å². The number of nitrogens with one attached hydrogen (secondary N) is 1. The van der Waals surface area contributed by atoms with Crippen molar-refractivity contribution in [1.29, 1.82) is 0 Å². The van der Waals surface area contributed by atoms with Crippen molar-refractivity contribution in [2.45, 2.75) is 25.4 Å². The van der Waals surface area contributed by atoms with Gasteiger partial charge in [-0.15, -0.1) is 0 Å². The van der Waals surface area contributed by atoms with Crippen molar-refractivity contribution in [3.63, 3.8) is 0 Å². The maximum absolute atomic E-state index is 5.92. The van der Waals surface area contributed by atoms with Gasteiger partial charge in [0.05, 0.1) is 7.11 Å². The molecule has 0 radical (unpaired) electrons. The molecule has 1 N–H and O–H groups in total. The zero-order valence-corrected chi connectivity index (χ0v) is 9.74. The molecule has 16 heavy (non-hydrogen) atoms. The van der Waals surface area contributed by atoms with Crippen molar-refractivity contribution >= 4 is 0 Å². The van der Waals surface area contributed by atoms with Crippen molar-refractivity contribution in [1.82, 2.24) is 5.32 Å². The van der Waals surface area contributed by atoms with Crippen LogP contribution in [0.2, 0.25) is 0 Å². The zero-order chi connectivity index (χ0) is 11.2. The molecule has 1 fully saturated rings. The molecule has 3 nitrogen and oxygen atoms in total. The highest BCUT2D eigenvalue weighted by atomic mass is 16.5. The molecule has 0 bridgehead atoms. The molecule has 1 aliphatic heterocycles. The van der Waals surface area contributed by atoms with Crippen molar-refractivity contribution < 1.29 is 9.47 Å². The minimum Gasteiger partial charge on any atom is -0.497 e. The lowest BCUT2D eigenvalue weighted by Gasteiger charge is -2.17. The van der Waals surface area contributed by atoms with Gasteiger partial charge in [-0.3, -0.25) is 0 Å². The molecule has 0 amide bonds. The number of rotatable bonds is 3. The van der Waals surface area contributed by atoms with E-state index in [1.165, 1.54) is 12.8 Å². The van der Waals surface area contributed by atoms with Gasteiger partial charge in [-0.2, -0.15) is 0 Å². The smallest absolute Gasteiger partial charge is 0.120 e. The predicted octanol–water partition coefficient (Wildman–Crippen LogP) is 2.22. The fraction of sp³-hybridized carbons (Fsp3) is 0.538. The number of hydrogen-bond acceptors (Lipinski definition) is 3. The summed E-state index contributed by atoms with van der Waals surface area (Å²) in [5.74, 6) is 1.79. The molecule has 1 unspecified atom stereocenters. The van der Waals surface area contributed by atoms with Gasteiger partial charge in [0, 0.05) is 6.54 Å². The van der Waals surface area contributed by atoms with Crippen LogP contribution in [-0.2, 0) is 0 Å². The van der Waals surface area contributed by atoms with Gasteiger partial charge >= 0.3 is 0 Å². The molecule has 0 saturated carbocycles. The Hall–Kier alpha value is -1.22. The third kappa shape index (κ3) is 3.14. The first-order valence-electron chi connectivity index (χ1n) is 5.90. The Labute approximate surface area is 96.8 Å². The Morgan fingerprint density at radius 2 is 1.88 bits per heavy atom. The molecule has 2 rings (SSSR count). The summed E-state index contributed by atoms with van der Waals surface area (Å²) >= 11 is 0. The fourth-order valence-electron chi connectivity index (χ4n) is 1.93. The molecule has 1 heterocycles. The number of hydrogen-bond donors (Lipinski definition) is 1. The topological polar surface area (TPSA) is 30.5 Å². The first kappa shape index (κ1) is 11.3. The third-order valence-electron chi connectivity index (χ3n) is 2.86. The van der Waals surface area contributed by atoms with Crippen LogP contribution in [0.5, 0.6) is 11.5 Å². The van der Waals surface area contributed by atoms with E-state index in [0.717, 1.165) is 31.0 Å². The molecule has 3 heteroatoms. The first-order chi connectivity index (χ1) is 7.88. The van der Waals surface area contributed by atoms with E-state index in [0.29, 0.717) is 6.10 Å². The van der Waals surface area contributed by atoms with Gasteiger partial charge in [0.2, 0.25) is 0 Å². The summed E-state index contributed by atoms with van der Waals surface area (Å²) in [5.41, 5.74) is 0. The lowest BCUT2D eigenvalue weighted by molar-refractivity contribution is 0.194. The molecule has 1 atom stereocenters. The SMILES string of the molecule is COc1ccc(OC2CCCCNC2)cc1. The summed E-state index contributed by atoms with van der Waals surface area (Å²) in [6.07, 6.45) is 3.94. The average Bonchev–Trinajstić information content (AvgIpc) is 2.59. The standard InChI is InChI=1S/C13H19NO2/c1-15-11-5-7-12(8-6-11)16-13-4-2-3-9-14-10-13/h5-8,13-14H,2-4,9-10H2,1H3. The van der Waals surface area contributed by atoms with E-state index < -0.39 is 0 Å². The van der Waals surface area contributed by atoms with Gasteiger partial charge in [0.25, 0.3) is 0 Å². The Kier molecular flexibility index (Phi) is 4.05. The van der Waals surface area contributed by atoms with Crippen LogP contribution in [0.15, 0.2) is 24.3 Å². The molecule has 0 aromatic heterocycles. The summed E-state index contributed by atoms with van der Waals surface area (Å²) in [5, 5.41) is 3.39. The summed E-state index contributed by atoms with van der Waals surface area (Å²) in [6.45, 7) is 2.06. The van der Waals surface area contributed by atoms with Crippen LogP contribution < -0.4 is 14.8 Å². The Morgan fingerprint density at radius 1 is 1.12 bits per heavy atom. The van der Waals surface area contributed by atoms with Crippen LogP contribution in [-0.4, -0.2) is 26.3 Å². The lowest BCUT2D eigenvalue weighted by Crippen LogP contribution is -2.29. The molecule has 1 aliphatic rings. The zero-order valence-electron chi connectivity index (χ0n) is 9.74. The number of benzene rings is 1. The summed E-state index contributed by atoms with van der Waals surface area (Å²) < 4.78 is 11.0. The lowest BCUT2D eigenvalue weighted by atomic mass is 10.2. The summed E-state index contributed by atoms with van der Waals surface area (Å²) in [7, 11) is 1.67. The molecule has 0 aliphatic carbocycles. The van der Waals surface area contributed by atoms with Gasteiger partial charge in [0.1, 0.15) is 17.6 Å². The van der Waals surface area contributed by atoms with Crippen LogP contribution in [0.1, 0.15) is 19.3 Å². The highest BCUT2D eigenvalue weighted by Gasteiger charge is 2.12. The second-order valence-corrected chi connectivity index (χ2v) is 4.12. The van der Waals surface area contributed by atoms with Crippen molar-refractivity contribution in [2.75, 3.05) is 20.2 Å². The van der Waals surface area contributed by atoms with Crippen LogP contribution >= 0.6 is 0 Å². The van der Waals surface area contributed by atoms with E-state index in [1.54, 1.807) is 7.11 Å². The Balaban J connectivity index is 1.91. The molecule has 1 aromatic rings. The summed E-state index contributed by atoms with van der Waals surface area (Å²) in [4.78, 5) is 0. The molecule has 88 valence electrons. The maximum Gasteiger partial charge on any atom is 0.120 e. The van der Waals surface area contributed by atoms with E-state index in [4.69, 9.17) is 9.47 Å². The van der Waals surface area contributed by atoms with E-state index in [9.17, 15) is 0 Å². The number of methoxy groups -OCH3 is 1. The summed E-state index contributed by atoms with van der Waals surface area (Å²) in [6, 6.07) is 7.78. The van der Waals surface area contributed by atoms with Crippen molar-refractivity contribution in [3.8, 4) is 11.5 Å². The average molecular weight is 221 g/mol. The largest absolute Gasteiger partial charge is 0.497 e. The minimum absolute atomic E-state index is 0.302. The van der Waals surface area contributed by atoms with Crippen LogP contribution in [0.3, 0.4) is 0 Å². The second kappa shape index (κ2) is 5.75. The molecular formula is C13H19NO2. The van der Waals surface area contributed by atoms with Crippen LogP contribution in [0.25, 0.3) is 0 Å². The third-order valence-corrected chi connectivity index (χ3v) is 2.86. The quantitative estimate of drug-likeness (QED) is 0.849. The van der Waals surface area contributed by atoms with E-state index >= 15 is 0 Å². The highest BCUT2D eigenvalue weighted by Crippen LogP contribution is 2.19. The van der Waals surface area contributed by atoms with Crippen molar-refractivity contribution in [3.05, 3.63) is 24.3 Å². The highest BCUT2D eigenvalue weighted by molar-refractivity contribution is 5.31. The molecule has 1 aromatic carbocycles. The van der Waals surface area contributed by atoms with Crippen LogP contribution in [0, 0.1) is 0 Å². The Morgan fingerprint density at radius 3 is 2.62 bits per heavy atom. The van der Waals surface area contributed by atoms with E-state index in [-0.39, 0.29) is 0 Å². The van der Waals surface area contributed by atoms with Crippen LogP contribution in [0.4, 0.5) is 0 Å². The fourth-order valence-corrected chi connectivity index (χ4v) is 1.93. The second-order valence-electron chi connectivity index (χ2n) is 4.12. The maximum atomic E-state index is 5.92. The monoisotopic (exact) mass is 221 g/mol. The normalized spacial score (nSPS) is 21.2. The first-order valence-corrected chi connectivity index (χ1v) is 5.90. The molecule has 0 spiro atoms. The molecule has 1 saturated heterocycles. The Bertz CT molecular complexity index is 302. The van der Waals surface area contributed by atoms with Gasteiger partial charge in [0.15, 0.2) is 0 Å². The van der Waals surface area contributed by atoms with Crippen molar-refractivity contribution in [2.24, 2.45) is 0 Å². The minimum atomic E-state index is 0.302. The van der Waals surface area contributed by atoms with Gasteiger partial charge in [-0.05, 0) is 50.1 Å². The van der Waals surface area contributed by atoms with E-state index in [1.807, 2.05) is 24.3 Å². The predicted molar refractivity (Wildman–Crippen MR) is 64.1 cm³/mol. The van der Waals surface area contributed by atoms with Gasteiger partial charge in [-0.1, -0.05) is 0 Å².